The van der Waals surface area contributed by atoms with E-state index >= 15 is 0 Å². The summed E-state index contributed by atoms with van der Waals surface area (Å²) in [5.41, 5.74) is 0.949. The number of rotatable bonds is 8. The van der Waals surface area contributed by atoms with Gasteiger partial charge in [-0.15, -0.1) is 0 Å². The number of anilines is 1. The van der Waals surface area contributed by atoms with Crippen LogP contribution in [-0.4, -0.2) is 41.3 Å². The third-order valence-corrected chi connectivity index (χ3v) is 5.27. The van der Waals surface area contributed by atoms with Crippen LogP contribution in [0.5, 0.6) is 11.5 Å². The highest BCUT2D eigenvalue weighted by Gasteiger charge is 2.24. The Morgan fingerprint density at radius 2 is 1.85 bits per heavy atom. The van der Waals surface area contributed by atoms with Crippen molar-refractivity contribution in [3.05, 3.63) is 53.1 Å². The average molecular weight is 413 g/mol. The van der Waals surface area contributed by atoms with Crippen molar-refractivity contribution in [3.8, 4) is 11.5 Å². The lowest BCUT2D eigenvalue weighted by Crippen LogP contribution is -2.40. The predicted molar refractivity (Wildman–Crippen MR) is 105 cm³/mol. The minimum Gasteiger partial charge on any atom is -0.497 e. The van der Waals surface area contributed by atoms with E-state index in [1.54, 1.807) is 36.4 Å². The molecule has 9 heteroatoms. The molecule has 0 bridgehead atoms. The quantitative estimate of drug-likeness (QED) is 0.719. The molecule has 0 saturated heterocycles. The number of carbonyl (C=O) groups excluding carboxylic acids is 1. The van der Waals surface area contributed by atoms with Crippen molar-refractivity contribution >= 4 is 33.2 Å². The SMILES string of the molecule is COc1ccc(OC)c(N(CC(=O)NCc2ccccc2Cl)S(C)(=O)=O)c1. The van der Waals surface area contributed by atoms with Gasteiger partial charge in [-0.3, -0.25) is 9.10 Å². The van der Waals surface area contributed by atoms with Gasteiger partial charge in [0, 0.05) is 17.6 Å². The molecule has 0 saturated carbocycles. The van der Waals surface area contributed by atoms with Crippen LogP contribution in [0.25, 0.3) is 0 Å². The lowest BCUT2D eigenvalue weighted by molar-refractivity contribution is -0.119. The highest BCUT2D eigenvalue weighted by atomic mass is 35.5. The molecule has 0 unspecified atom stereocenters. The third-order valence-electron chi connectivity index (χ3n) is 3.78. The first kappa shape index (κ1) is 20.9. The van der Waals surface area contributed by atoms with E-state index in [0.717, 1.165) is 16.1 Å². The number of ether oxygens (including phenoxy) is 2. The maximum Gasteiger partial charge on any atom is 0.241 e. The minimum absolute atomic E-state index is 0.186. The molecule has 0 aliphatic heterocycles. The van der Waals surface area contributed by atoms with Crippen LogP contribution in [0, 0.1) is 0 Å². The number of nitrogens with zero attached hydrogens (tertiary/aromatic N) is 1. The number of methoxy groups -OCH3 is 2. The highest BCUT2D eigenvalue weighted by molar-refractivity contribution is 7.92. The first-order valence-corrected chi connectivity index (χ1v) is 10.2. The standard InChI is InChI=1S/C18H21ClN2O5S/c1-25-14-8-9-17(26-2)16(10-14)21(27(3,23)24)12-18(22)20-11-13-6-4-5-7-15(13)19/h4-10H,11-12H2,1-3H3,(H,20,22). The van der Waals surface area contributed by atoms with Crippen molar-refractivity contribution in [1.29, 1.82) is 0 Å². The van der Waals surface area contributed by atoms with Crippen LogP contribution in [0.4, 0.5) is 5.69 Å². The van der Waals surface area contributed by atoms with Crippen molar-refractivity contribution in [2.75, 3.05) is 31.3 Å². The Bertz CT molecular complexity index is 918. The fraction of sp³-hybridized carbons (Fsp3) is 0.278. The summed E-state index contributed by atoms with van der Waals surface area (Å²) in [6.07, 6.45) is 1.02. The third kappa shape index (κ3) is 5.51. The fourth-order valence-corrected chi connectivity index (χ4v) is 3.45. The van der Waals surface area contributed by atoms with E-state index in [9.17, 15) is 13.2 Å². The van der Waals surface area contributed by atoms with Gasteiger partial charge >= 0.3 is 0 Å². The van der Waals surface area contributed by atoms with Crippen molar-refractivity contribution in [3.63, 3.8) is 0 Å². The molecule has 2 aromatic carbocycles. The number of sulfonamides is 1. The van der Waals surface area contributed by atoms with E-state index in [-0.39, 0.29) is 12.2 Å². The summed E-state index contributed by atoms with van der Waals surface area (Å²) >= 11 is 6.07. The molecule has 2 rings (SSSR count). The molecule has 27 heavy (non-hydrogen) atoms. The van der Waals surface area contributed by atoms with Gasteiger partial charge < -0.3 is 14.8 Å². The molecule has 0 atom stereocenters. The van der Waals surface area contributed by atoms with Gasteiger partial charge in [0.05, 0.1) is 26.2 Å². The van der Waals surface area contributed by atoms with Crippen LogP contribution < -0.4 is 19.1 Å². The summed E-state index contributed by atoms with van der Waals surface area (Å²) in [5, 5.41) is 3.20. The largest absolute Gasteiger partial charge is 0.497 e. The van der Waals surface area contributed by atoms with Gasteiger partial charge in [0.2, 0.25) is 15.9 Å². The van der Waals surface area contributed by atoms with E-state index in [4.69, 9.17) is 21.1 Å². The molecule has 0 radical (unpaired) electrons. The highest BCUT2D eigenvalue weighted by Crippen LogP contribution is 2.33. The minimum atomic E-state index is -3.75. The number of halogens is 1. The van der Waals surface area contributed by atoms with Crippen molar-refractivity contribution in [2.45, 2.75) is 6.54 Å². The molecule has 146 valence electrons. The summed E-state index contributed by atoms with van der Waals surface area (Å²) in [7, 11) is -0.866. The smallest absolute Gasteiger partial charge is 0.241 e. The number of amides is 1. The van der Waals surface area contributed by atoms with Gasteiger partial charge in [0.15, 0.2) is 0 Å². The maximum absolute atomic E-state index is 12.4. The van der Waals surface area contributed by atoms with Crippen molar-refractivity contribution < 1.29 is 22.7 Å². The normalized spacial score (nSPS) is 11.0. The van der Waals surface area contributed by atoms with Crippen LogP contribution in [0.15, 0.2) is 42.5 Å². The molecule has 0 aliphatic rings. The van der Waals surface area contributed by atoms with Gasteiger partial charge in [-0.05, 0) is 23.8 Å². The van der Waals surface area contributed by atoms with Crippen molar-refractivity contribution in [2.24, 2.45) is 0 Å². The molecular weight excluding hydrogens is 392 g/mol. The number of carbonyl (C=O) groups is 1. The van der Waals surface area contributed by atoms with E-state index < -0.39 is 22.5 Å². The van der Waals surface area contributed by atoms with Crippen LogP contribution in [0.1, 0.15) is 5.56 Å². The molecule has 7 nitrogen and oxygen atoms in total. The molecule has 0 heterocycles. The summed E-state index contributed by atoms with van der Waals surface area (Å²) in [6.45, 7) is -0.224. The maximum atomic E-state index is 12.4. The second kappa shape index (κ2) is 8.96. The zero-order valence-electron chi connectivity index (χ0n) is 15.2. The zero-order valence-corrected chi connectivity index (χ0v) is 16.8. The Balaban J connectivity index is 2.23. The Labute approximate surface area is 163 Å². The molecule has 0 fully saturated rings. The van der Waals surface area contributed by atoms with Gasteiger partial charge in [0.25, 0.3) is 0 Å². The Morgan fingerprint density at radius 1 is 1.15 bits per heavy atom. The predicted octanol–water partition coefficient (Wildman–Crippen LogP) is 2.44. The second-order valence-corrected chi connectivity index (χ2v) is 7.99. The Kier molecular flexibility index (Phi) is 6.92. The molecule has 0 aliphatic carbocycles. The molecule has 1 amide bonds. The summed E-state index contributed by atoms with van der Waals surface area (Å²) in [5.74, 6) is 0.265. The van der Waals surface area contributed by atoms with Crippen LogP contribution in [-0.2, 0) is 21.4 Å². The first-order valence-electron chi connectivity index (χ1n) is 7.96. The molecule has 0 aromatic heterocycles. The zero-order chi connectivity index (χ0) is 20.0. The van der Waals surface area contributed by atoms with Gasteiger partial charge in [-0.1, -0.05) is 29.8 Å². The summed E-state index contributed by atoms with van der Waals surface area (Å²) < 4.78 is 35.9. The Morgan fingerprint density at radius 3 is 2.44 bits per heavy atom. The second-order valence-electron chi connectivity index (χ2n) is 5.68. The number of hydrogen-bond donors (Lipinski definition) is 1. The van der Waals surface area contributed by atoms with E-state index in [1.807, 2.05) is 0 Å². The van der Waals surface area contributed by atoms with Gasteiger partial charge in [-0.25, -0.2) is 8.42 Å². The lowest BCUT2D eigenvalue weighted by Gasteiger charge is -2.24. The van der Waals surface area contributed by atoms with Crippen LogP contribution in [0.2, 0.25) is 5.02 Å². The summed E-state index contributed by atoms with van der Waals surface area (Å²) in [6, 6.07) is 11.8. The van der Waals surface area contributed by atoms with E-state index in [0.29, 0.717) is 16.5 Å². The van der Waals surface area contributed by atoms with Crippen LogP contribution in [0.3, 0.4) is 0 Å². The number of nitrogens with one attached hydrogen (secondary N) is 1. The summed E-state index contributed by atoms with van der Waals surface area (Å²) in [4.78, 5) is 12.4. The Hall–Kier alpha value is -2.45. The van der Waals surface area contributed by atoms with E-state index in [1.165, 1.54) is 20.3 Å². The number of benzene rings is 2. The van der Waals surface area contributed by atoms with Crippen LogP contribution >= 0.6 is 11.6 Å². The topological polar surface area (TPSA) is 84.9 Å². The van der Waals surface area contributed by atoms with Crippen molar-refractivity contribution in [1.82, 2.24) is 5.32 Å². The molecule has 0 spiro atoms. The molecule has 2 aromatic rings. The van der Waals surface area contributed by atoms with E-state index in [2.05, 4.69) is 5.32 Å². The molecular formula is C18H21ClN2O5S. The van der Waals surface area contributed by atoms with Gasteiger partial charge in [0.1, 0.15) is 18.0 Å². The van der Waals surface area contributed by atoms with Gasteiger partial charge in [-0.2, -0.15) is 0 Å². The monoisotopic (exact) mass is 412 g/mol. The average Bonchev–Trinajstić information content (AvgIpc) is 2.64. The first-order chi connectivity index (χ1) is 12.8. The lowest BCUT2D eigenvalue weighted by atomic mass is 10.2. The number of hydrogen-bond acceptors (Lipinski definition) is 5. The fourth-order valence-electron chi connectivity index (χ4n) is 2.39. The molecule has 1 N–H and O–H groups in total.